The first-order valence-corrected chi connectivity index (χ1v) is 6.07. The molecule has 0 aromatic heterocycles. The van der Waals surface area contributed by atoms with Crippen molar-refractivity contribution in [2.24, 2.45) is 5.73 Å². The first-order valence-electron chi connectivity index (χ1n) is 6.07. The van der Waals surface area contributed by atoms with Crippen LogP contribution in [0.3, 0.4) is 0 Å². The van der Waals surface area contributed by atoms with E-state index in [0.717, 1.165) is 5.56 Å². The molecule has 0 aliphatic carbocycles. The van der Waals surface area contributed by atoms with Crippen molar-refractivity contribution in [3.05, 3.63) is 65.7 Å². The van der Waals surface area contributed by atoms with Gasteiger partial charge in [0.05, 0.1) is 12.1 Å². The monoisotopic (exact) mass is 279 g/mol. The smallest absolute Gasteiger partial charge is 0.387 e. The van der Waals surface area contributed by atoms with E-state index in [4.69, 9.17) is 5.73 Å². The molecule has 0 saturated heterocycles. The Morgan fingerprint density at radius 3 is 2.05 bits per heavy atom. The van der Waals surface area contributed by atoms with E-state index >= 15 is 0 Å². The molecule has 0 aliphatic heterocycles. The van der Waals surface area contributed by atoms with Crippen molar-refractivity contribution in [3.8, 4) is 5.75 Å². The molecule has 3 nitrogen and oxygen atoms in total. The summed E-state index contributed by atoms with van der Waals surface area (Å²) >= 11 is 0. The van der Waals surface area contributed by atoms with Gasteiger partial charge in [-0.25, -0.2) is 0 Å². The number of rotatable bonds is 5. The number of ether oxygens (including phenoxy) is 1. The normalized spacial score (nSPS) is 14.1. The van der Waals surface area contributed by atoms with Crippen molar-refractivity contribution in [2.45, 2.75) is 12.2 Å². The predicted molar refractivity (Wildman–Crippen MR) is 71.6 cm³/mol. The number of aliphatic hydroxyl groups is 1. The second-order valence-corrected chi connectivity index (χ2v) is 4.40. The third kappa shape index (κ3) is 2.95. The zero-order chi connectivity index (χ0) is 14.6. The first-order chi connectivity index (χ1) is 9.56. The van der Waals surface area contributed by atoms with Crippen molar-refractivity contribution in [1.29, 1.82) is 0 Å². The highest BCUT2D eigenvalue weighted by atomic mass is 19.3. The number of benzene rings is 2. The maximum Gasteiger partial charge on any atom is 0.387 e. The molecule has 5 heteroatoms. The van der Waals surface area contributed by atoms with E-state index in [9.17, 15) is 13.9 Å². The van der Waals surface area contributed by atoms with Crippen LogP contribution >= 0.6 is 0 Å². The highest BCUT2D eigenvalue weighted by molar-refractivity contribution is 5.40. The SMILES string of the molecule is NC(CO)(c1ccccc1)c1ccc(OC(F)F)cc1. The second-order valence-electron chi connectivity index (χ2n) is 4.40. The molecule has 0 spiro atoms. The number of nitrogens with two attached hydrogens (primary N) is 1. The maximum atomic E-state index is 12.1. The van der Waals surface area contributed by atoms with Gasteiger partial charge in [0.1, 0.15) is 5.75 Å². The van der Waals surface area contributed by atoms with E-state index in [-0.39, 0.29) is 12.4 Å². The molecule has 0 aliphatic rings. The molecular weight excluding hydrogens is 264 g/mol. The number of hydrogen-bond acceptors (Lipinski definition) is 3. The van der Waals surface area contributed by atoms with E-state index in [1.54, 1.807) is 24.3 Å². The Morgan fingerprint density at radius 2 is 1.55 bits per heavy atom. The summed E-state index contributed by atoms with van der Waals surface area (Å²) in [5.41, 5.74) is 6.53. The molecule has 0 amide bonds. The standard InChI is InChI=1S/C15H15F2NO2/c16-14(17)20-13-8-6-12(7-9-13)15(18,10-19)11-4-2-1-3-5-11/h1-9,14,19H,10,18H2. The molecule has 0 bridgehead atoms. The highest BCUT2D eigenvalue weighted by Crippen LogP contribution is 2.28. The number of aliphatic hydroxyl groups excluding tert-OH is 1. The summed E-state index contributed by atoms with van der Waals surface area (Å²) in [6.07, 6.45) is 0. The van der Waals surface area contributed by atoms with Crippen LogP contribution in [0.4, 0.5) is 8.78 Å². The molecule has 20 heavy (non-hydrogen) atoms. The van der Waals surface area contributed by atoms with Gasteiger partial charge in [-0.3, -0.25) is 0 Å². The van der Waals surface area contributed by atoms with Gasteiger partial charge in [0, 0.05) is 0 Å². The lowest BCUT2D eigenvalue weighted by molar-refractivity contribution is -0.0498. The fraction of sp³-hybridized carbons (Fsp3) is 0.200. The molecule has 0 heterocycles. The van der Waals surface area contributed by atoms with Crippen molar-refractivity contribution in [3.63, 3.8) is 0 Å². The summed E-state index contributed by atoms with van der Waals surface area (Å²) in [5.74, 6) is 0.0529. The zero-order valence-corrected chi connectivity index (χ0v) is 10.7. The van der Waals surface area contributed by atoms with E-state index in [1.165, 1.54) is 12.1 Å². The Labute approximate surface area is 115 Å². The molecule has 2 aromatic rings. The molecular formula is C15H15F2NO2. The van der Waals surface area contributed by atoms with E-state index in [1.807, 2.05) is 18.2 Å². The predicted octanol–water partition coefficient (Wildman–Crippen LogP) is 2.48. The molecule has 0 radical (unpaired) electrons. The average molecular weight is 279 g/mol. The Bertz CT molecular complexity index is 546. The zero-order valence-electron chi connectivity index (χ0n) is 10.7. The van der Waals surface area contributed by atoms with Crippen LogP contribution in [0.15, 0.2) is 54.6 Å². The van der Waals surface area contributed by atoms with Gasteiger partial charge in [-0.05, 0) is 23.3 Å². The lowest BCUT2D eigenvalue weighted by Crippen LogP contribution is -2.41. The first kappa shape index (κ1) is 14.4. The van der Waals surface area contributed by atoms with Gasteiger partial charge in [0.2, 0.25) is 0 Å². The Hall–Kier alpha value is -1.98. The molecule has 0 saturated carbocycles. The summed E-state index contributed by atoms with van der Waals surface area (Å²) in [6, 6.07) is 15.0. The van der Waals surface area contributed by atoms with Crippen molar-refractivity contribution in [1.82, 2.24) is 0 Å². The van der Waals surface area contributed by atoms with Crippen molar-refractivity contribution in [2.75, 3.05) is 6.61 Å². The van der Waals surface area contributed by atoms with Crippen molar-refractivity contribution >= 4 is 0 Å². The van der Waals surface area contributed by atoms with Crippen LogP contribution in [0.2, 0.25) is 0 Å². The van der Waals surface area contributed by atoms with Gasteiger partial charge < -0.3 is 15.6 Å². The van der Waals surface area contributed by atoms with Crippen LogP contribution < -0.4 is 10.5 Å². The average Bonchev–Trinajstić information content (AvgIpc) is 2.47. The fourth-order valence-corrected chi connectivity index (χ4v) is 2.02. The van der Waals surface area contributed by atoms with Crippen LogP contribution in [-0.4, -0.2) is 18.3 Å². The van der Waals surface area contributed by atoms with Gasteiger partial charge in [-0.15, -0.1) is 0 Å². The topological polar surface area (TPSA) is 55.5 Å². The van der Waals surface area contributed by atoms with Crippen molar-refractivity contribution < 1.29 is 18.6 Å². The highest BCUT2D eigenvalue weighted by Gasteiger charge is 2.28. The van der Waals surface area contributed by atoms with Gasteiger partial charge >= 0.3 is 6.61 Å². The quantitative estimate of drug-likeness (QED) is 0.884. The molecule has 2 rings (SSSR count). The molecule has 3 N–H and O–H groups in total. The lowest BCUT2D eigenvalue weighted by Gasteiger charge is -2.28. The minimum Gasteiger partial charge on any atom is -0.435 e. The largest absolute Gasteiger partial charge is 0.435 e. The van der Waals surface area contributed by atoms with Crippen LogP contribution in [-0.2, 0) is 5.54 Å². The summed E-state index contributed by atoms with van der Waals surface area (Å²) in [4.78, 5) is 0. The van der Waals surface area contributed by atoms with Crippen LogP contribution in [0.25, 0.3) is 0 Å². The van der Waals surface area contributed by atoms with E-state index < -0.39 is 12.2 Å². The molecule has 1 atom stereocenters. The Balaban J connectivity index is 2.32. The van der Waals surface area contributed by atoms with E-state index in [2.05, 4.69) is 4.74 Å². The van der Waals surface area contributed by atoms with Gasteiger partial charge in [0.15, 0.2) is 0 Å². The second kappa shape index (κ2) is 5.98. The van der Waals surface area contributed by atoms with Crippen LogP contribution in [0.5, 0.6) is 5.75 Å². The molecule has 0 fully saturated rings. The van der Waals surface area contributed by atoms with Gasteiger partial charge in [0.25, 0.3) is 0 Å². The van der Waals surface area contributed by atoms with E-state index in [0.29, 0.717) is 5.56 Å². The summed E-state index contributed by atoms with van der Waals surface area (Å²) in [7, 11) is 0. The number of hydrogen-bond donors (Lipinski definition) is 2. The van der Waals surface area contributed by atoms with Crippen LogP contribution in [0, 0.1) is 0 Å². The minimum absolute atomic E-state index is 0.0529. The fourth-order valence-electron chi connectivity index (χ4n) is 2.02. The number of halogens is 2. The van der Waals surface area contributed by atoms with Crippen LogP contribution in [0.1, 0.15) is 11.1 Å². The molecule has 2 aromatic carbocycles. The number of alkyl halides is 2. The third-order valence-electron chi connectivity index (χ3n) is 3.13. The Morgan fingerprint density at radius 1 is 1.00 bits per heavy atom. The maximum absolute atomic E-state index is 12.1. The summed E-state index contributed by atoms with van der Waals surface area (Å²) in [5, 5.41) is 9.63. The molecule has 1 unspecified atom stereocenters. The van der Waals surface area contributed by atoms with Gasteiger partial charge in [-0.2, -0.15) is 8.78 Å². The summed E-state index contributed by atoms with van der Waals surface area (Å²) in [6.45, 7) is -3.16. The third-order valence-corrected chi connectivity index (χ3v) is 3.13. The molecule has 106 valence electrons. The van der Waals surface area contributed by atoms with Gasteiger partial charge in [-0.1, -0.05) is 42.5 Å². The Kier molecular flexibility index (Phi) is 4.32. The minimum atomic E-state index is -2.87. The summed E-state index contributed by atoms with van der Waals surface area (Å²) < 4.78 is 28.5. The lowest BCUT2D eigenvalue weighted by atomic mass is 9.84.